The third-order valence-corrected chi connectivity index (χ3v) is 13.0. The first-order valence-electron chi connectivity index (χ1n) is 16.8. The van der Waals surface area contributed by atoms with Crippen LogP contribution in [0.2, 0.25) is 0 Å². The SMILES string of the molecule is Nc1ccc(/N=N/c2c(S(=O)(=O)O)cc3cc(S(=O)(=O)O)c(/N=N/c4ccc(/N=N/C5C(=O)N(c6ccc(S(=O)(=O)O)cc6)N=C5C(=O)O)cc4S(=O)(=O)O)c(O)c3c2O)c(S(=O)(=O)O)c1. The first kappa shape index (κ1) is 48.2. The molecule has 5 aromatic carbocycles. The molecule has 0 aliphatic carbocycles. The fraction of sp³-hybridized carbons (Fsp3) is 0.0312. The Bertz CT molecular complexity index is 3660. The van der Waals surface area contributed by atoms with Crippen LogP contribution < -0.4 is 10.7 Å². The third kappa shape index (κ3) is 9.85. The van der Waals surface area contributed by atoms with Crippen LogP contribution >= 0.6 is 0 Å². The van der Waals surface area contributed by atoms with Crippen molar-refractivity contribution in [2.75, 3.05) is 10.7 Å². The summed E-state index contributed by atoms with van der Waals surface area (Å²) < 4.78 is 170. The molecule has 34 heteroatoms. The van der Waals surface area contributed by atoms with E-state index in [0.29, 0.717) is 23.2 Å². The average molecular weight is 1010 g/mol. The minimum atomic E-state index is -5.55. The molecular weight excluding hydrogens is 991 g/mol. The number of aliphatic carboxylic acids is 1. The second-order valence-corrected chi connectivity index (χ2v) is 19.9. The Morgan fingerprint density at radius 1 is 0.591 bits per heavy atom. The van der Waals surface area contributed by atoms with E-state index in [9.17, 15) is 89.8 Å². The van der Waals surface area contributed by atoms with Crippen LogP contribution in [-0.2, 0) is 60.2 Å². The van der Waals surface area contributed by atoms with Gasteiger partial charge in [-0.05, 0) is 78.2 Å². The summed E-state index contributed by atoms with van der Waals surface area (Å²) in [6, 6.07) is 7.35. The van der Waals surface area contributed by atoms with Crippen LogP contribution in [0.4, 0.5) is 39.8 Å². The molecule has 0 spiro atoms. The number of hydrogen-bond acceptors (Lipinski definition) is 22. The lowest BCUT2D eigenvalue weighted by Gasteiger charge is -2.13. The van der Waals surface area contributed by atoms with Gasteiger partial charge in [-0.15, -0.1) is 20.5 Å². The van der Waals surface area contributed by atoms with Gasteiger partial charge >= 0.3 is 5.97 Å². The van der Waals surface area contributed by atoms with Crippen molar-refractivity contribution in [1.29, 1.82) is 0 Å². The first-order chi connectivity index (χ1) is 30.4. The molecule has 66 heavy (non-hydrogen) atoms. The van der Waals surface area contributed by atoms with Gasteiger partial charge in [0.1, 0.15) is 42.3 Å². The van der Waals surface area contributed by atoms with Crippen LogP contribution in [0.3, 0.4) is 0 Å². The molecule has 5 aromatic rings. The quantitative estimate of drug-likeness (QED) is 0.0459. The highest BCUT2D eigenvalue weighted by Crippen LogP contribution is 2.50. The van der Waals surface area contributed by atoms with Gasteiger partial charge < -0.3 is 21.1 Å². The number of amides is 1. The minimum Gasteiger partial charge on any atom is -0.505 e. The molecule has 0 saturated heterocycles. The van der Waals surface area contributed by atoms with E-state index >= 15 is 0 Å². The van der Waals surface area contributed by atoms with E-state index in [2.05, 4.69) is 35.8 Å². The number of hydrazone groups is 1. The van der Waals surface area contributed by atoms with Crippen LogP contribution in [0.25, 0.3) is 10.8 Å². The molecule has 1 aliphatic heterocycles. The molecule has 1 unspecified atom stereocenters. The van der Waals surface area contributed by atoms with Crippen LogP contribution in [0.15, 0.2) is 133 Å². The molecule has 0 bridgehead atoms. The van der Waals surface area contributed by atoms with Crippen molar-refractivity contribution in [1.82, 2.24) is 0 Å². The Balaban J connectivity index is 1.43. The molecule has 0 saturated carbocycles. The first-order valence-corrected chi connectivity index (χ1v) is 24.0. The normalized spacial score (nSPS) is 15.4. The zero-order chi connectivity index (χ0) is 49.1. The van der Waals surface area contributed by atoms with Gasteiger partial charge in [-0.3, -0.25) is 27.6 Å². The highest BCUT2D eigenvalue weighted by atomic mass is 32.2. The largest absolute Gasteiger partial charge is 0.505 e. The lowest BCUT2D eigenvalue weighted by molar-refractivity contribution is -0.130. The number of fused-ring (bicyclic) bond motifs is 1. The van der Waals surface area contributed by atoms with Gasteiger partial charge in [0.2, 0.25) is 6.04 Å². The Morgan fingerprint density at radius 3 is 1.52 bits per heavy atom. The van der Waals surface area contributed by atoms with Gasteiger partial charge in [0.25, 0.3) is 56.5 Å². The molecule has 29 nitrogen and oxygen atoms in total. The number of carboxylic acids is 1. The Morgan fingerprint density at radius 2 is 1.06 bits per heavy atom. The van der Waals surface area contributed by atoms with Crippen molar-refractivity contribution >= 4 is 119 Å². The third-order valence-electron chi connectivity index (χ3n) is 8.60. The van der Waals surface area contributed by atoms with Crippen molar-refractivity contribution < 1.29 is 89.8 Å². The van der Waals surface area contributed by atoms with E-state index in [0.717, 1.165) is 54.6 Å². The van der Waals surface area contributed by atoms with Crippen molar-refractivity contribution in [3.63, 3.8) is 0 Å². The minimum absolute atomic E-state index is 0.183. The lowest BCUT2D eigenvalue weighted by atomic mass is 10.1. The number of phenols is 2. The highest BCUT2D eigenvalue weighted by Gasteiger charge is 2.41. The van der Waals surface area contributed by atoms with Gasteiger partial charge in [0.05, 0.1) is 21.7 Å². The van der Waals surface area contributed by atoms with Crippen LogP contribution in [0.1, 0.15) is 0 Å². The molecule has 1 heterocycles. The van der Waals surface area contributed by atoms with E-state index in [4.69, 9.17) is 5.73 Å². The topological polar surface area (TPSA) is 482 Å². The Kier molecular flexibility index (Phi) is 12.4. The maximum atomic E-state index is 13.2. The van der Waals surface area contributed by atoms with Gasteiger partial charge in [-0.1, -0.05) is 0 Å². The number of rotatable bonds is 13. The fourth-order valence-electron chi connectivity index (χ4n) is 5.71. The zero-order valence-electron chi connectivity index (χ0n) is 31.7. The average Bonchev–Trinajstić information content (AvgIpc) is 3.53. The zero-order valence-corrected chi connectivity index (χ0v) is 35.8. The molecule has 346 valence electrons. The molecular formula is C32H23N9O20S5. The number of benzene rings is 5. The molecule has 0 fully saturated rings. The summed E-state index contributed by atoms with van der Waals surface area (Å²) in [4.78, 5) is 19.6. The van der Waals surface area contributed by atoms with E-state index in [1.54, 1.807) is 0 Å². The second kappa shape index (κ2) is 16.9. The number of hydrogen-bond donors (Lipinski definition) is 9. The van der Waals surface area contributed by atoms with Gasteiger partial charge in [0.15, 0.2) is 17.2 Å². The maximum Gasteiger partial charge on any atom is 0.355 e. The number of azo groups is 3. The summed E-state index contributed by atoms with van der Waals surface area (Å²) >= 11 is 0. The second-order valence-electron chi connectivity index (χ2n) is 12.9. The van der Waals surface area contributed by atoms with E-state index in [1.807, 2.05) is 0 Å². The van der Waals surface area contributed by atoms with Crippen molar-refractivity contribution in [3.8, 4) is 11.5 Å². The van der Waals surface area contributed by atoms with Gasteiger partial charge in [-0.2, -0.15) is 62.4 Å². The molecule has 1 amide bonds. The summed E-state index contributed by atoms with van der Waals surface area (Å²) in [5.41, 5.74) is -0.450. The summed E-state index contributed by atoms with van der Waals surface area (Å²) in [5.74, 6) is -5.85. The van der Waals surface area contributed by atoms with Crippen LogP contribution in [-0.4, -0.2) is 104 Å². The maximum absolute atomic E-state index is 13.2. The number of carbonyl (C=O) groups excluding carboxylic acids is 1. The standard InChI is InChI=1S/C32H23N9O20S5/c33-14-1-7-18(20(11-14)63(50,51)52)35-37-25-22(65(56,57)58)9-13-10-23(66(59,60)61)26(30(43)24(13)29(25)42)38-36-19-8-2-15(12-21(19)64(53,54)55)34-39-27-28(32(45)46)40-41(31(27)44)16-3-5-17(6-4-16)62(47,48)49/h1-12,27,42-43H,33H2,(H,45,46)(H,47,48,49)(H,50,51,52)(H,53,54,55)(H,56,57,58)(H,59,60,61)/b37-35+,38-36+,39-34+. The molecule has 1 aliphatic rings. The van der Waals surface area contributed by atoms with Crippen molar-refractivity contribution in [3.05, 3.63) is 72.8 Å². The number of aromatic hydroxyl groups is 2. The number of nitrogens with two attached hydrogens (primary N) is 1. The van der Waals surface area contributed by atoms with Crippen molar-refractivity contribution in [2.24, 2.45) is 35.8 Å². The number of carboxylic acid groups (broad SMARTS) is 1. The Hall–Kier alpha value is -7.28. The summed E-state index contributed by atoms with van der Waals surface area (Å²) in [6.07, 6.45) is 0. The number of carbonyl (C=O) groups is 2. The molecule has 6 rings (SSSR count). The lowest BCUT2D eigenvalue weighted by Crippen LogP contribution is -2.33. The molecule has 0 aromatic heterocycles. The highest BCUT2D eigenvalue weighted by molar-refractivity contribution is 7.87. The smallest absolute Gasteiger partial charge is 0.355 e. The molecule has 0 radical (unpaired) electrons. The predicted octanol–water partition coefficient (Wildman–Crippen LogP) is 3.84. The number of phenolic OH excluding ortho intramolecular Hbond substituents is 2. The van der Waals surface area contributed by atoms with E-state index in [1.165, 1.54) is 0 Å². The number of nitrogens with zero attached hydrogens (tertiary/aromatic N) is 8. The summed E-state index contributed by atoms with van der Waals surface area (Å²) in [5, 5.41) is 55.8. The van der Waals surface area contributed by atoms with Crippen LogP contribution in [0, 0.1) is 0 Å². The summed E-state index contributed by atoms with van der Waals surface area (Å²) in [7, 11) is -26.2. The summed E-state index contributed by atoms with van der Waals surface area (Å²) in [6.45, 7) is 0. The Labute approximate surface area is 368 Å². The van der Waals surface area contributed by atoms with E-state index < -0.39 is 149 Å². The molecule has 1 atom stereocenters. The van der Waals surface area contributed by atoms with Gasteiger partial charge in [0, 0.05) is 5.69 Å². The van der Waals surface area contributed by atoms with Crippen molar-refractivity contribution in [2.45, 2.75) is 30.5 Å². The monoisotopic (exact) mass is 1010 g/mol. The molecule has 10 N–H and O–H groups in total. The number of anilines is 2. The van der Waals surface area contributed by atoms with E-state index in [-0.39, 0.29) is 11.4 Å². The van der Waals surface area contributed by atoms with Gasteiger partial charge in [-0.25, -0.2) is 4.79 Å². The number of nitrogen functional groups attached to an aromatic ring is 1. The fourth-order valence-corrected chi connectivity index (χ4v) is 8.80. The van der Waals surface area contributed by atoms with Crippen LogP contribution in [0.5, 0.6) is 11.5 Å². The predicted molar refractivity (Wildman–Crippen MR) is 219 cm³/mol.